The van der Waals surface area contributed by atoms with E-state index in [2.05, 4.69) is 32.6 Å². The molecule has 0 amide bonds. The van der Waals surface area contributed by atoms with Crippen molar-refractivity contribution in [2.24, 2.45) is 0 Å². The zero-order chi connectivity index (χ0) is 15.5. The molecule has 2 rings (SSSR count). The molecule has 3 nitrogen and oxygen atoms in total. The molecule has 1 aliphatic rings. The van der Waals surface area contributed by atoms with Crippen LogP contribution in [0.3, 0.4) is 0 Å². The average Bonchev–Trinajstić information content (AvgIpc) is 2.41. The van der Waals surface area contributed by atoms with Crippen molar-refractivity contribution in [2.45, 2.75) is 58.0 Å². The first-order valence-corrected chi connectivity index (χ1v) is 7.90. The molecule has 0 atom stereocenters. The molecular formula is C18H29NO2. The van der Waals surface area contributed by atoms with Gasteiger partial charge in [0.1, 0.15) is 6.61 Å². The van der Waals surface area contributed by atoms with Crippen LogP contribution in [0.1, 0.15) is 47.0 Å². The van der Waals surface area contributed by atoms with Gasteiger partial charge in [0, 0.05) is 17.6 Å². The number of nitrogens with zero attached hydrogens (tertiary/aromatic N) is 1. The van der Waals surface area contributed by atoms with Gasteiger partial charge in [-0.15, -0.1) is 0 Å². The standard InChI is InChI=1S/C18H29NO2/c1-17(2)11-8-12-18(3,4)19(17)13-14-21-16-10-7-6-9-15(16)20-5/h6-7,9-10H,8,11-14H2,1-5H3. The maximum atomic E-state index is 5.95. The Morgan fingerprint density at radius 2 is 1.57 bits per heavy atom. The highest BCUT2D eigenvalue weighted by Gasteiger charge is 2.40. The number of likely N-dealkylation sites (tertiary alicyclic amines) is 1. The summed E-state index contributed by atoms with van der Waals surface area (Å²) in [5.74, 6) is 1.63. The smallest absolute Gasteiger partial charge is 0.161 e. The Balaban J connectivity index is 1.98. The quantitative estimate of drug-likeness (QED) is 0.814. The third-order valence-electron chi connectivity index (χ3n) is 4.68. The molecule has 0 spiro atoms. The van der Waals surface area contributed by atoms with Crippen molar-refractivity contribution in [3.05, 3.63) is 24.3 Å². The predicted molar refractivity (Wildman–Crippen MR) is 87.2 cm³/mol. The van der Waals surface area contributed by atoms with Crippen LogP contribution < -0.4 is 9.47 Å². The molecule has 0 aliphatic carbocycles. The van der Waals surface area contributed by atoms with Crippen LogP contribution >= 0.6 is 0 Å². The molecule has 3 heteroatoms. The molecule has 0 radical (unpaired) electrons. The normalized spacial score (nSPS) is 21.0. The van der Waals surface area contributed by atoms with E-state index >= 15 is 0 Å². The Hall–Kier alpha value is -1.22. The molecule has 21 heavy (non-hydrogen) atoms. The summed E-state index contributed by atoms with van der Waals surface area (Å²) in [6.45, 7) is 11.0. The predicted octanol–water partition coefficient (Wildman–Crippen LogP) is 4.12. The van der Waals surface area contributed by atoms with Crippen LogP contribution in [0.25, 0.3) is 0 Å². The number of benzene rings is 1. The molecule has 1 aromatic carbocycles. The van der Waals surface area contributed by atoms with Crippen LogP contribution in [0.15, 0.2) is 24.3 Å². The van der Waals surface area contributed by atoms with Gasteiger partial charge in [-0.3, -0.25) is 4.90 Å². The first-order chi connectivity index (χ1) is 9.87. The number of hydrogen-bond acceptors (Lipinski definition) is 3. The molecule has 0 aromatic heterocycles. The van der Waals surface area contributed by atoms with E-state index in [0.717, 1.165) is 18.0 Å². The van der Waals surface area contributed by atoms with Gasteiger partial charge in [-0.05, 0) is 59.1 Å². The molecule has 1 aromatic rings. The minimum absolute atomic E-state index is 0.242. The lowest BCUT2D eigenvalue weighted by atomic mass is 9.80. The van der Waals surface area contributed by atoms with Gasteiger partial charge in [0.15, 0.2) is 11.5 Å². The fourth-order valence-corrected chi connectivity index (χ4v) is 3.63. The monoisotopic (exact) mass is 291 g/mol. The van der Waals surface area contributed by atoms with E-state index in [1.54, 1.807) is 7.11 Å². The number of methoxy groups -OCH3 is 1. The van der Waals surface area contributed by atoms with Crippen molar-refractivity contribution < 1.29 is 9.47 Å². The lowest BCUT2D eigenvalue weighted by Gasteiger charge is -2.53. The van der Waals surface area contributed by atoms with Crippen LogP contribution in [0, 0.1) is 0 Å². The van der Waals surface area contributed by atoms with Gasteiger partial charge in [-0.1, -0.05) is 12.1 Å². The van der Waals surface area contributed by atoms with E-state index in [4.69, 9.17) is 9.47 Å². The van der Waals surface area contributed by atoms with Gasteiger partial charge in [-0.2, -0.15) is 0 Å². The molecule has 1 heterocycles. The van der Waals surface area contributed by atoms with Gasteiger partial charge in [0.2, 0.25) is 0 Å². The Morgan fingerprint density at radius 3 is 2.14 bits per heavy atom. The summed E-state index contributed by atoms with van der Waals surface area (Å²) in [4.78, 5) is 2.60. The van der Waals surface area contributed by atoms with Gasteiger partial charge < -0.3 is 9.47 Å². The number of hydrogen-bond donors (Lipinski definition) is 0. The van der Waals surface area contributed by atoms with Crippen molar-refractivity contribution >= 4 is 0 Å². The second-order valence-corrected chi connectivity index (χ2v) is 7.13. The zero-order valence-corrected chi connectivity index (χ0v) is 14.1. The molecule has 0 N–H and O–H groups in total. The first kappa shape index (κ1) is 16.2. The summed E-state index contributed by atoms with van der Waals surface area (Å²) in [5, 5.41) is 0. The second kappa shape index (κ2) is 6.27. The number of piperidine rings is 1. The Kier molecular flexibility index (Phi) is 4.82. The number of para-hydroxylation sites is 2. The minimum Gasteiger partial charge on any atom is -0.493 e. The number of ether oxygens (including phenoxy) is 2. The Labute approximate surface area is 129 Å². The molecule has 0 bridgehead atoms. The fraction of sp³-hybridized carbons (Fsp3) is 0.667. The Bertz CT molecular complexity index is 452. The highest BCUT2D eigenvalue weighted by Crippen LogP contribution is 2.37. The van der Waals surface area contributed by atoms with E-state index < -0.39 is 0 Å². The van der Waals surface area contributed by atoms with Gasteiger partial charge in [-0.25, -0.2) is 0 Å². The van der Waals surface area contributed by atoms with E-state index in [1.807, 2.05) is 24.3 Å². The van der Waals surface area contributed by atoms with Gasteiger partial charge >= 0.3 is 0 Å². The molecule has 0 unspecified atom stereocenters. The summed E-state index contributed by atoms with van der Waals surface area (Å²) >= 11 is 0. The first-order valence-electron chi connectivity index (χ1n) is 7.90. The maximum Gasteiger partial charge on any atom is 0.161 e. The van der Waals surface area contributed by atoms with Gasteiger partial charge in [0.05, 0.1) is 7.11 Å². The van der Waals surface area contributed by atoms with Crippen LogP contribution in [0.5, 0.6) is 11.5 Å². The van der Waals surface area contributed by atoms with Gasteiger partial charge in [0.25, 0.3) is 0 Å². The molecule has 1 aliphatic heterocycles. The fourth-order valence-electron chi connectivity index (χ4n) is 3.63. The van der Waals surface area contributed by atoms with E-state index in [9.17, 15) is 0 Å². The lowest BCUT2D eigenvalue weighted by molar-refractivity contribution is -0.0341. The van der Waals surface area contributed by atoms with Crippen molar-refractivity contribution in [1.82, 2.24) is 4.90 Å². The maximum absolute atomic E-state index is 5.95. The second-order valence-electron chi connectivity index (χ2n) is 7.13. The molecule has 1 fully saturated rings. The minimum atomic E-state index is 0.242. The summed E-state index contributed by atoms with van der Waals surface area (Å²) in [7, 11) is 1.68. The van der Waals surface area contributed by atoms with E-state index in [-0.39, 0.29) is 11.1 Å². The van der Waals surface area contributed by atoms with E-state index in [0.29, 0.717) is 6.61 Å². The third-order valence-corrected chi connectivity index (χ3v) is 4.68. The topological polar surface area (TPSA) is 21.7 Å². The SMILES string of the molecule is COc1ccccc1OCCN1C(C)(C)CCCC1(C)C. The van der Waals surface area contributed by atoms with Crippen molar-refractivity contribution in [2.75, 3.05) is 20.3 Å². The van der Waals surface area contributed by atoms with E-state index in [1.165, 1.54) is 19.3 Å². The highest BCUT2D eigenvalue weighted by atomic mass is 16.5. The largest absolute Gasteiger partial charge is 0.493 e. The van der Waals surface area contributed by atoms with Crippen LogP contribution in [-0.2, 0) is 0 Å². The average molecular weight is 291 g/mol. The van der Waals surface area contributed by atoms with Crippen molar-refractivity contribution in [3.8, 4) is 11.5 Å². The van der Waals surface area contributed by atoms with Crippen LogP contribution in [0.2, 0.25) is 0 Å². The zero-order valence-electron chi connectivity index (χ0n) is 14.1. The summed E-state index contributed by atoms with van der Waals surface area (Å²) in [6.07, 6.45) is 3.82. The lowest BCUT2D eigenvalue weighted by Crippen LogP contribution is -2.59. The van der Waals surface area contributed by atoms with Crippen LogP contribution in [0.4, 0.5) is 0 Å². The molecule has 1 saturated heterocycles. The molecular weight excluding hydrogens is 262 g/mol. The molecule has 118 valence electrons. The molecule has 0 saturated carbocycles. The highest BCUT2D eigenvalue weighted by molar-refractivity contribution is 5.39. The van der Waals surface area contributed by atoms with Crippen molar-refractivity contribution in [1.29, 1.82) is 0 Å². The van der Waals surface area contributed by atoms with Crippen molar-refractivity contribution in [3.63, 3.8) is 0 Å². The number of rotatable bonds is 5. The summed E-state index contributed by atoms with van der Waals surface area (Å²) < 4.78 is 11.3. The van der Waals surface area contributed by atoms with Crippen LogP contribution in [-0.4, -0.2) is 36.2 Å². The summed E-state index contributed by atoms with van der Waals surface area (Å²) in [5.41, 5.74) is 0.484. The third kappa shape index (κ3) is 3.70. The summed E-state index contributed by atoms with van der Waals surface area (Å²) in [6, 6.07) is 7.84. The Morgan fingerprint density at radius 1 is 1.00 bits per heavy atom.